The minimum absolute atomic E-state index is 0.195. The van der Waals surface area contributed by atoms with Gasteiger partial charge in [0, 0.05) is 11.6 Å². The second kappa shape index (κ2) is 8.20. The molecule has 0 spiro atoms. The van der Waals surface area contributed by atoms with Gasteiger partial charge in [0.1, 0.15) is 6.20 Å². The molecule has 9 heteroatoms. The molecular weight excluding hydrogens is 391 g/mol. The van der Waals surface area contributed by atoms with Crippen molar-refractivity contribution in [1.82, 2.24) is 20.1 Å². The van der Waals surface area contributed by atoms with E-state index in [1.807, 2.05) is 18.2 Å². The largest absolute Gasteiger partial charge is 0.352 e. The van der Waals surface area contributed by atoms with Crippen molar-refractivity contribution in [3.8, 4) is 5.69 Å². The van der Waals surface area contributed by atoms with Crippen LogP contribution in [0.3, 0.4) is 0 Å². The number of amides is 1. The van der Waals surface area contributed by atoms with E-state index in [2.05, 4.69) is 15.4 Å². The zero-order chi connectivity index (χ0) is 19.4. The van der Waals surface area contributed by atoms with Gasteiger partial charge in [-0.15, -0.1) is 0 Å². The standard InChI is InChI=1S/C18H14Cl2N4O3/c19-12-3-1-2-11(8-12)6-7-21-17(26)14-9-13(4-5-15(14)20)24-18(27)23-16(25)10-22-24/h1-5,8-10H,6-7H2,(H,21,26)(H,23,25,27). The summed E-state index contributed by atoms with van der Waals surface area (Å²) in [6.07, 6.45) is 1.57. The minimum Gasteiger partial charge on any atom is -0.352 e. The Kier molecular flexibility index (Phi) is 5.73. The van der Waals surface area contributed by atoms with Gasteiger partial charge < -0.3 is 5.32 Å². The van der Waals surface area contributed by atoms with Gasteiger partial charge in [0.15, 0.2) is 0 Å². The molecule has 1 aromatic heterocycles. The van der Waals surface area contributed by atoms with Gasteiger partial charge >= 0.3 is 5.69 Å². The molecule has 0 radical (unpaired) electrons. The fourth-order valence-corrected chi connectivity index (χ4v) is 2.88. The predicted molar refractivity (Wildman–Crippen MR) is 103 cm³/mol. The van der Waals surface area contributed by atoms with E-state index >= 15 is 0 Å². The van der Waals surface area contributed by atoms with Crippen LogP contribution in [-0.2, 0) is 6.42 Å². The van der Waals surface area contributed by atoms with Crippen molar-refractivity contribution < 1.29 is 4.79 Å². The summed E-state index contributed by atoms with van der Waals surface area (Å²) in [4.78, 5) is 37.6. The number of rotatable bonds is 5. The highest BCUT2D eigenvalue weighted by Crippen LogP contribution is 2.19. The number of carbonyl (C=O) groups excluding carboxylic acids is 1. The SMILES string of the molecule is O=C(NCCc1cccc(Cl)c1)c1cc(-n2ncc(=O)[nH]c2=O)ccc1Cl. The summed E-state index contributed by atoms with van der Waals surface area (Å²) in [5, 5.41) is 7.41. The summed E-state index contributed by atoms with van der Waals surface area (Å²) in [5.74, 6) is -0.388. The maximum absolute atomic E-state index is 12.5. The molecule has 3 aromatic rings. The number of H-pyrrole nitrogens is 1. The van der Waals surface area contributed by atoms with Crippen LogP contribution in [0.2, 0.25) is 10.0 Å². The van der Waals surface area contributed by atoms with Crippen LogP contribution in [0.15, 0.2) is 58.3 Å². The van der Waals surface area contributed by atoms with Crippen LogP contribution in [0.4, 0.5) is 0 Å². The summed E-state index contributed by atoms with van der Waals surface area (Å²) >= 11 is 12.1. The van der Waals surface area contributed by atoms with Crippen LogP contribution >= 0.6 is 23.2 Å². The van der Waals surface area contributed by atoms with Gasteiger partial charge in [-0.05, 0) is 42.3 Å². The molecule has 0 aliphatic carbocycles. The van der Waals surface area contributed by atoms with E-state index in [1.54, 1.807) is 6.07 Å². The van der Waals surface area contributed by atoms with E-state index in [4.69, 9.17) is 23.2 Å². The lowest BCUT2D eigenvalue weighted by molar-refractivity contribution is 0.0954. The predicted octanol–water partition coefficient (Wildman–Crippen LogP) is 2.20. The third-order valence-corrected chi connectivity index (χ3v) is 4.31. The molecule has 0 saturated carbocycles. The zero-order valence-corrected chi connectivity index (χ0v) is 15.4. The number of aromatic nitrogens is 3. The lowest BCUT2D eigenvalue weighted by atomic mass is 10.1. The van der Waals surface area contributed by atoms with Crippen LogP contribution < -0.4 is 16.6 Å². The van der Waals surface area contributed by atoms with E-state index in [9.17, 15) is 14.4 Å². The van der Waals surface area contributed by atoms with Gasteiger partial charge in [-0.2, -0.15) is 9.78 Å². The van der Waals surface area contributed by atoms with E-state index in [0.29, 0.717) is 23.7 Å². The van der Waals surface area contributed by atoms with Gasteiger partial charge in [-0.25, -0.2) is 4.79 Å². The van der Waals surface area contributed by atoms with Crippen LogP contribution in [0.5, 0.6) is 0 Å². The van der Waals surface area contributed by atoms with Gasteiger partial charge in [-0.3, -0.25) is 14.6 Å². The molecule has 1 amide bonds. The third kappa shape index (κ3) is 4.64. The Morgan fingerprint density at radius 3 is 2.70 bits per heavy atom. The average molecular weight is 405 g/mol. The van der Waals surface area contributed by atoms with Crippen molar-refractivity contribution in [2.45, 2.75) is 6.42 Å². The average Bonchev–Trinajstić information content (AvgIpc) is 2.62. The number of nitrogens with zero attached hydrogens (tertiary/aromatic N) is 2. The first kappa shape index (κ1) is 18.9. The Morgan fingerprint density at radius 1 is 1.15 bits per heavy atom. The highest BCUT2D eigenvalue weighted by molar-refractivity contribution is 6.34. The molecule has 0 unspecified atom stereocenters. The summed E-state index contributed by atoms with van der Waals surface area (Å²) in [6.45, 7) is 0.386. The summed E-state index contributed by atoms with van der Waals surface area (Å²) in [5.41, 5.74) is 0.175. The molecule has 2 N–H and O–H groups in total. The van der Waals surface area contributed by atoms with Crippen LogP contribution in [0.1, 0.15) is 15.9 Å². The molecule has 138 valence electrons. The minimum atomic E-state index is -0.711. The monoisotopic (exact) mass is 404 g/mol. The van der Waals surface area contributed by atoms with E-state index in [1.165, 1.54) is 18.2 Å². The molecular formula is C18H14Cl2N4O3. The Hall–Kier alpha value is -2.90. The van der Waals surface area contributed by atoms with Gasteiger partial charge in [0.2, 0.25) is 0 Å². The molecule has 0 bridgehead atoms. The number of benzene rings is 2. The number of hydrogen-bond acceptors (Lipinski definition) is 4. The van der Waals surface area contributed by atoms with Crippen molar-refractivity contribution in [2.24, 2.45) is 0 Å². The molecule has 1 heterocycles. The number of nitrogens with one attached hydrogen (secondary N) is 2. The molecule has 27 heavy (non-hydrogen) atoms. The summed E-state index contributed by atoms with van der Waals surface area (Å²) < 4.78 is 0.973. The highest BCUT2D eigenvalue weighted by atomic mass is 35.5. The molecule has 7 nitrogen and oxygen atoms in total. The van der Waals surface area contributed by atoms with E-state index < -0.39 is 11.2 Å². The quantitative estimate of drug-likeness (QED) is 0.680. The number of aromatic amines is 1. The first-order valence-corrected chi connectivity index (χ1v) is 8.71. The van der Waals surface area contributed by atoms with Crippen molar-refractivity contribution in [1.29, 1.82) is 0 Å². The van der Waals surface area contributed by atoms with Gasteiger partial charge in [-0.1, -0.05) is 35.3 Å². The maximum Gasteiger partial charge on any atom is 0.349 e. The third-order valence-electron chi connectivity index (χ3n) is 3.74. The molecule has 0 fully saturated rings. The summed E-state index contributed by atoms with van der Waals surface area (Å²) in [7, 11) is 0. The maximum atomic E-state index is 12.5. The fraction of sp³-hybridized carbons (Fsp3) is 0.111. The van der Waals surface area contributed by atoms with Crippen LogP contribution in [-0.4, -0.2) is 27.2 Å². The normalized spacial score (nSPS) is 10.6. The van der Waals surface area contributed by atoms with Crippen molar-refractivity contribution in [3.05, 3.63) is 90.7 Å². The number of halogens is 2. The Bertz CT molecular complexity index is 1110. The van der Waals surface area contributed by atoms with E-state index in [0.717, 1.165) is 16.4 Å². The van der Waals surface area contributed by atoms with Gasteiger partial charge in [0.05, 0.1) is 16.3 Å². The first-order valence-electron chi connectivity index (χ1n) is 7.95. The Labute approximate surface area is 163 Å². The topological polar surface area (TPSA) is 96.8 Å². The number of carbonyl (C=O) groups is 1. The lowest BCUT2D eigenvalue weighted by Crippen LogP contribution is -2.31. The lowest BCUT2D eigenvalue weighted by Gasteiger charge is -2.09. The molecule has 0 aliphatic heterocycles. The summed E-state index contributed by atoms with van der Waals surface area (Å²) in [6, 6.07) is 11.8. The molecule has 2 aromatic carbocycles. The Balaban J connectivity index is 1.76. The molecule has 0 aliphatic rings. The highest BCUT2D eigenvalue weighted by Gasteiger charge is 2.13. The molecule has 0 saturated heterocycles. The zero-order valence-electron chi connectivity index (χ0n) is 13.9. The Morgan fingerprint density at radius 2 is 1.96 bits per heavy atom. The molecule has 3 rings (SSSR count). The van der Waals surface area contributed by atoms with Crippen LogP contribution in [0, 0.1) is 0 Å². The second-order valence-electron chi connectivity index (χ2n) is 5.65. The van der Waals surface area contributed by atoms with Crippen molar-refractivity contribution in [3.63, 3.8) is 0 Å². The van der Waals surface area contributed by atoms with Crippen LogP contribution in [0.25, 0.3) is 5.69 Å². The van der Waals surface area contributed by atoms with Crippen molar-refractivity contribution >= 4 is 29.1 Å². The van der Waals surface area contributed by atoms with Crippen molar-refractivity contribution in [2.75, 3.05) is 6.54 Å². The second-order valence-corrected chi connectivity index (χ2v) is 6.49. The smallest absolute Gasteiger partial charge is 0.349 e. The number of hydrogen-bond donors (Lipinski definition) is 2. The first-order chi connectivity index (χ1) is 12.9. The van der Waals surface area contributed by atoms with E-state index in [-0.39, 0.29) is 16.5 Å². The van der Waals surface area contributed by atoms with Gasteiger partial charge in [0.25, 0.3) is 11.5 Å². The molecule has 0 atom stereocenters. The fourth-order valence-electron chi connectivity index (χ4n) is 2.46.